The number of alkyl halides is 3. The van der Waals surface area contributed by atoms with Gasteiger partial charge in [0.05, 0.1) is 6.61 Å². The van der Waals surface area contributed by atoms with E-state index in [1.54, 1.807) is 6.92 Å². The smallest absolute Gasteiger partial charge is 0.396 e. The lowest BCUT2D eigenvalue weighted by molar-refractivity contribution is -0.130. The monoisotopic (exact) mass is 291 g/mol. The molecule has 0 radical (unpaired) electrons. The summed E-state index contributed by atoms with van der Waals surface area (Å²) in [5.74, 6) is -0.844. The Balaban J connectivity index is 2.28. The molecule has 2 rings (SSSR count). The van der Waals surface area contributed by atoms with Crippen LogP contribution in [0.1, 0.15) is 35.9 Å². The van der Waals surface area contributed by atoms with E-state index in [0.717, 1.165) is 25.9 Å². The van der Waals surface area contributed by atoms with Crippen LogP contribution in [0.15, 0.2) is 10.5 Å². The second-order valence-electron chi connectivity index (χ2n) is 4.63. The fraction of sp³-hybridized carbons (Fsp3) is 0.615. The first-order valence-electron chi connectivity index (χ1n) is 6.52. The minimum Gasteiger partial charge on any atom is -0.462 e. The standard InChI is InChI=1S/C13H16F3NO3/c1-2-19-12(18)9-7-11(17-5-3-4-6-17)20-10(9)8-13(14,15)16/h7H,2-6,8H2,1H3. The second kappa shape index (κ2) is 5.76. The lowest BCUT2D eigenvalue weighted by atomic mass is 10.2. The highest BCUT2D eigenvalue weighted by atomic mass is 19.4. The molecule has 0 atom stereocenters. The number of halogens is 3. The van der Waals surface area contributed by atoms with Crippen molar-refractivity contribution in [1.29, 1.82) is 0 Å². The van der Waals surface area contributed by atoms with E-state index in [9.17, 15) is 18.0 Å². The van der Waals surface area contributed by atoms with Crippen LogP contribution in [0, 0.1) is 0 Å². The van der Waals surface area contributed by atoms with E-state index >= 15 is 0 Å². The molecule has 0 amide bonds. The van der Waals surface area contributed by atoms with E-state index in [1.165, 1.54) is 6.07 Å². The largest absolute Gasteiger partial charge is 0.462 e. The topological polar surface area (TPSA) is 42.7 Å². The molecule has 1 aromatic rings. The van der Waals surface area contributed by atoms with E-state index in [2.05, 4.69) is 0 Å². The summed E-state index contributed by atoms with van der Waals surface area (Å²) in [6.07, 6.45) is -3.77. The van der Waals surface area contributed by atoms with Crippen LogP contribution in [0.3, 0.4) is 0 Å². The highest BCUT2D eigenvalue weighted by Crippen LogP contribution is 2.31. The summed E-state index contributed by atoms with van der Waals surface area (Å²) in [5.41, 5.74) is -0.133. The zero-order valence-corrected chi connectivity index (χ0v) is 11.1. The number of carbonyl (C=O) groups excluding carboxylic acids is 1. The Morgan fingerprint density at radius 2 is 2.05 bits per heavy atom. The Morgan fingerprint density at radius 3 is 2.60 bits per heavy atom. The number of anilines is 1. The van der Waals surface area contributed by atoms with Gasteiger partial charge < -0.3 is 14.1 Å². The fourth-order valence-corrected chi connectivity index (χ4v) is 2.20. The van der Waals surface area contributed by atoms with E-state index in [-0.39, 0.29) is 17.9 Å². The first-order chi connectivity index (χ1) is 9.40. The van der Waals surface area contributed by atoms with Crippen molar-refractivity contribution >= 4 is 11.9 Å². The Labute approximate surface area is 114 Å². The number of carbonyl (C=O) groups is 1. The van der Waals surface area contributed by atoms with Crippen molar-refractivity contribution in [1.82, 2.24) is 0 Å². The highest BCUT2D eigenvalue weighted by molar-refractivity contribution is 5.91. The summed E-state index contributed by atoms with van der Waals surface area (Å²) in [4.78, 5) is 13.5. The minimum atomic E-state index is -4.43. The first kappa shape index (κ1) is 14.7. The molecule has 20 heavy (non-hydrogen) atoms. The summed E-state index contributed by atoms with van der Waals surface area (Å²) in [5, 5.41) is 0. The number of furan rings is 1. The molecule has 1 fully saturated rings. The summed E-state index contributed by atoms with van der Waals surface area (Å²) < 4.78 is 47.6. The molecule has 0 spiro atoms. The zero-order valence-electron chi connectivity index (χ0n) is 11.1. The third-order valence-electron chi connectivity index (χ3n) is 3.07. The summed E-state index contributed by atoms with van der Waals surface area (Å²) in [6.45, 7) is 3.15. The van der Waals surface area contributed by atoms with Gasteiger partial charge in [-0.2, -0.15) is 13.2 Å². The van der Waals surface area contributed by atoms with Crippen LogP contribution in [0.25, 0.3) is 0 Å². The number of ether oxygens (including phenoxy) is 1. The molecule has 0 bridgehead atoms. The van der Waals surface area contributed by atoms with Gasteiger partial charge in [-0.25, -0.2) is 4.79 Å². The minimum absolute atomic E-state index is 0.106. The maximum atomic E-state index is 12.5. The zero-order chi connectivity index (χ0) is 14.8. The molecule has 0 aromatic carbocycles. The Bertz CT molecular complexity index is 476. The Hall–Kier alpha value is -1.66. The van der Waals surface area contributed by atoms with Gasteiger partial charge in [0, 0.05) is 19.2 Å². The Kier molecular flexibility index (Phi) is 4.25. The molecular weight excluding hydrogens is 275 g/mol. The Morgan fingerprint density at radius 1 is 1.40 bits per heavy atom. The summed E-state index contributed by atoms with van der Waals surface area (Å²) in [6, 6.07) is 1.35. The number of hydrogen-bond acceptors (Lipinski definition) is 4. The normalized spacial score (nSPS) is 15.7. The van der Waals surface area contributed by atoms with Gasteiger partial charge in [0.2, 0.25) is 0 Å². The third kappa shape index (κ3) is 3.46. The average Bonchev–Trinajstić information content (AvgIpc) is 2.95. The van der Waals surface area contributed by atoms with Gasteiger partial charge in [0.1, 0.15) is 17.7 Å². The first-order valence-corrected chi connectivity index (χ1v) is 6.52. The molecule has 4 nitrogen and oxygen atoms in total. The number of nitrogens with zero attached hydrogens (tertiary/aromatic N) is 1. The van der Waals surface area contributed by atoms with Crippen LogP contribution in [-0.2, 0) is 11.2 Å². The van der Waals surface area contributed by atoms with Crippen molar-refractivity contribution in [2.75, 3.05) is 24.6 Å². The molecule has 1 aliphatic rings. The molecule has 0 aliphatic carbocycles. The molecule has 1 aromatic heterocycles. The highest BCUT2D eigenvalue weighted by Gasteiger charge is 2.34. The van der Waals surface area contributed by atoms with Gasteiger partial charge in [-0.1, -0.05) is 0 Å². The second-order valence-corrected chi connectivity index (χ2v) is 4.63. The van der Waals surface area contributed by atoms with Crippen LogP contribution >= 0.6 is 0 Å². The molecule has 1 aliphatic heterocycles. The van der Waals surface area contributed by atoms with Gasteiger partial charge in [0.25, 0.3) is 0 Å². The van der Waals surface area contributed by atoms with Crippen molar-refractivity contribution in [3.8, 4) is 0 Å². The molecule has 112 valence electrons. The van der Waals surface area contributed by atoms with Crippen LogP contribution in [0.4, 0.5) is 19.1 Å². The number of esters is 1. The van der Waals surface area contributed by atoms with Crippen molar-refractivity contribution in [3.63, 3.8) is 0 Å². The predicted octanol–water partition coefficient (Wildman–Crippen LogP) is 3.16. The molecule has 0 N–H and O–H groups in total. The average molecular weight is 291 g/mol. The van der Waals surface area contributed by atoms with Gasteiger partial charge >= 0.3 is 12.1 Å². The quantitative estimate of drug-likeness (QED) is 0.799. The van der Waals surface area contributed by atoms with Crippen LogP contribution in [0.2, 0.25) is 0 Å². The fourth-order valence-electron chi connectivity index (χ4n) is 2.20. The summed E-state index contributed by atoms with van der Waals surface area (Å²) >= 11 is 0. The van der Waals surface area contributed by atoms with Crippen LogP contribution in [-0.4, -0.2) is 31.8 Å². The van der Waals surface area contributed by atoms with Crippen molar-refractivity contribution in [2.45, 2.75) is 32.4 Å². The lowest BCUT2D eigenvalue weighted by Crippen LogP contribution is -2.16. The summed E-state index contributed by atoms with van der Waals surface area (Å²) in [7, 11) is 0. The maximum absolute atomic E-state index is 12.5. The predicted molar refractivity (Wildman–Crippen MR) is 65.9 cm³/mol. The van der Waals surface area contributed by atoms with E-state index < -0.39 is 18.6 Å². The van der Waals surface area contributed by atoms with Crippen molar-refractivity contribution in [3.05, 3.63) is 17.4 Å². The van der Waals surface area contributed by atoms with Gasteiger partial charge in [-0.3, -0.25) is 0 Å². The van der Waals surface area contributed by atoms with Crippen molar-refractivity contribution in [2.24, 2.45) is 0 Å². The van der Waals surface area contributed by atoms with Gasteiger partial charge in [-0.15, -0.1) is 0 Å². The lowest BCUT2D eigenvalue weighted by Gasteiger charge is -2.12. The van der Waals surface area contributed by atoms with Gasteiger partial charge in [0.15, 0.2) is 5.88 Å². The molecular formula is C13H16F3NO3. The van der Waals surface area contributed by atoms with E-state index in [4.69, 9.17) is 9.15 Å². The van der Waals surface area contributed by atoms with E-state index in [0.29, 0.717) is 5.88 Å². The number of rotatable bonds is 4. The van der Waals surface area contributed by atoms with Crippen molar-refractivity contribution < 1.29 is 27.1 Å². The SMILES string of the molecule is CCOC(=O)c1cc(N2CCCC2)oc1CC(F)(F)F. The molecule has 1 saturated heterocycles. The van der Waals surface area contributed by atoms with Gasteiger partial charge in [-0.05, 0) is 19.8 Å². The van der Waals surface area contributed by atoms with Crippen LogP contribution in [0.5, 0.6) is 0 Å². The van der Waals surface area contributed by atoms with E-state index in [1.807, 2.05) is 4.90 Å². The molecule has 0 saturated carbocycles. The van der Waals surface area contributed by atoms with Crippen LogP contribution < -0.4 is 4.90 Å². The number of hydrogen-bond donors (Lipinski definition) is 0. The molecule has 7 heteroatoms. The maximum Gasteiger partial charge on any atom is 0.396 e. The molecule has 2 heterocycles. The molecule has 0 unspecified atom stereocenters. The third-order valence-corrected chi connectivity index (χ3v) is 3.07.